The summed E-state index contributed by atoms with van der Waals surface area (Å²) in [6.07, 6.45) is 5.10. The van der Waals surface area contributed by atoms with E-state index >= 15 is 0 Å². The van der Waals surface area contributed by atoms with Crippen molar-refractivity contribution >= 4 is 17.7 Å². The first kappa shape index (κ1) is 14.9. The fourth-order valence-electron chi connectivity index (χ4n) is 1.98. The van der Waals surface area contributed by atoms with Gasteiger partial charge in [-0.2, -0.15) is 0 Å². The molecule has 2 rings (SSSR count). The second-order valence-electron chi connectivity index (χ2n) is 4.55. The Labute approximate surface area is 124 Å². The number of ether oxygens (including phenoxy) is 1. The number of nitrogens with zero attached hydrogens (tertiary/aromatic N) is 2. The molecule has 1 aromatic heterocycles. The van der Waals surface area contributed by atoms with Gasteiger partial charge in [-0.05, 0) is 43.9 Å². The molecule has 0 aliphatic rings. The molecule has 20 heavy (non-hydrogen) atoms. The molecule has 2 aromatic rings. The number of methoxy groups -OCH3 is 1. The third kappa shape index (κ3) is 3.77. The molecule has 1 aromatic carbocycles. The van der Waals surface area contributed by atoms with Gasteiger partial charge in [0.1, 0.15) is 0 Å². The molecule has 0 aliphatic carbocycles. The minimum absolute atomic E-state index is 0.759. The molecule has 0 amide bonds. The molecule has 0 aliphatic heterocycles. The maximum absolute atomic E-state index is 5.06. The molecular formula is C15H21N3OS. The van der Waals surface area contributed by atoms with Crippen LogP contribution in [-0.2, 0) is 4.74 Å². The number of anilines is 1. The zero-order valence-corrected chi connectivity index (χ0v) is 13.0. The second-order valence-corrected chi connectivity index (χ2v) is 5.43. The molecule has 5 heteroatoms. The van der Waals surface area contributed by atoms with Crippen molar-refractivity contribution in [3.63, 3.8) is 0 Å². The molecule has 0 fully saturated rings. The molecule has 0 saturated heterocycles. The summed E-state index contributed by atoms with van der Waals surface area (Å²) in [4.78, 5) is 5.80. The SMILES string of the molecule is COCCCNc1nc(C)cn1-c1ccc(SC)cc1. The molecule has 0 radical (unpaired) electrons. The van der Waals surface area contributed by atoms with Crippen LogP contribution in [-0.4, -0.2) is 36.1 Å². The predicted octanol–water partition coefficient (Wildman–Crippen LogP) is 3.35. The van der Waals surface area contributed by atoms with E-state index in [1.165, 1.54) is 4.90 Å². The van der Waals surface area contributed by atoms with Gasteiger partial charge in [0.05, 0.1) is 5.69 Å². The van der Waals surface area contributed by atoms with E-state index in [9.17, 15) is 0 Å². The van der Waals surface area contributed by atoms with E-state index in [2.05, 4.69) is 45.4 Å². The van der Waals surface area contributed by atoms with Crippen LogP contribution in [0, 0.1) is 6.92 Å². The Bertz CT molecular complexity index is 537. The summed E-state index contributed by atoms with van der Waals surface area (Å²) in [5, 5.41) is 3.36. The van der Waals surface area contributed by atoms with E-state index < -0.39 is 0 Å². The van der Waals surface area contributed by atoms with Gasteiger partial charge in [0.25, 0.3) is 0 Å². The molecule has 0 bridgehead atoms. The largest absolute Gasteiger partial charge is 0.385 e. The average molecular weight is 291 g/mol. The quantitative estimate of drug-likeness (QED) is 0.627. The van der Waals surface area contributed by atoms with Gasteiger partial charge >= 0.3 is 0 Å². The number of thioether (sulfide) groups is 1. The lowest BCUT2D eigenvalue weighted by molar-refractivity contribution is 0.197. The summed E-state index contributed by atoms with van der Waals surface area (Å²) in [6, 6.07) is 8.49. The Morgan fingerprint density at radius 3 is 2.70 bits per heavy atom. The number of benzene rings is 1. The zero-order valence-electron chi connectivity index (χ0n) is 12.2. The lowest BCUT2D eigenvalue weighted by Crippen LogP contribution is -2.09. The third-order valence-electron chi connectivity index (χ3n) is 2.99. The van der Waals surface area contributed by atoms with Gasteiger partial charge in [-0.1, -0.05) is 0 Å². The number of imidazole rings is 1. The molecule has 1 N–H and O–H groups in total. The van der Waals surface area contributed by atoms with E-state index in [0.29, 0.717) is 0 Å². The fraction of sp³-hybridized carbons (Fsp3) is 0.400. The van der Waals surface area contributed by atoms with Crippen LogP contribution in [0.4, 0.5) is 5.95 Å². The molecule has 0 unspecified atom stereocenters. The molecule has 108 valence electrons. The van der Waals surface area contributed by atoms with Crippen LogP contribution in [0.1, 0.15) is 12.1 Å². The summed E-state index contributed by atoms with van der Waals surface area (Å²) in [5.74, 6) is 0.885. The Morgan fingerprint density at radius 1 is 1.30 bits per heavy atom. The van der Waals surface area contributed by atoms with Crippen LogP contribution < -0.4 is 5.32 Å². The molecule has 4 nitrogen and oxygen atoms in total. The summed E-state index contributed by atoms with van der Waals surface area (Å²) in [6.45, 7) is 3.62. The maximum Gasteiger partial charge on any atom is 0.207 e. The highest BCUT2D eigenvalue weighted by molar-refractivity contribution is 7.98. The molecule has 0 atom stereocenters. The second kappa shape index (κ2) is 7.36. The van der Waals surface area contributed by atoms with E-state index in [1.807, 2.05) is 13.1 Å². The first-order chi connectivity index (χ1) is 9.74. The van der Waals surface area contributed by atoms with Crippen LogP contribution in [0.15, 0.2) is 35.4 Å². The highest BCUT2D eigenvalue weighted by Gasteiger charge is 2.07. The smallest absolute Gasteiger partial charge is 0.207 e. The Hall–Kier alpha value is -1.46. The van der Waals surface area contributed by atoms with Gasteiger partial charge in [0.15, 0.2) is 0 Å². The van der Waals surface area contributed by atoms with Gasteiger partial charge < -0.3 is 10.1 Å². The van der Waals surface area contributed by atoms with Crippen LogP contribution in [0.5, 0.6) is 0 Å². The predicted molar refractivity (Wildman–Crippen MR) is 85.1 cm³/mol. The molecular weight excluding hydrogens is 270 g/mol. The first-order valence-electron chi connectivity index (χ1n) is 6.68. The molecule has 1 heterocycles. The Balaban J connectivity index is 2.13. The molecule has 0 saturated carbocycles. The van der Waals surface area contributed by atoms with E-state index in [-0.39, 0.29) is 0 Å². The number of rotatable bonds is 7. The number of hydrogen-bond acceptors (Lipinski definition) is 4. The highest BCUT2D eigenvalue weighted by Crippen LogP contribution is 2.20. The van der Waals surface area contributed by atoms with Gasteiger partial charge in [-0.25, -0.2) is 4.98 Å². The standard InChI is InChI=1S/C15H21N3OS/c1-12-11-18(13-5-7-14(20-3)8-6-13)15(17-12)16-9-4-10-19-2/h5-8,11H,4,9-10H2,1-3H3,(H,16,17). The average Bonchev–Trinajstić information content (AvgIpc) is 2.85. The topological polar surface area (TPSA) is 39.1 Å². The summed E-state index contributed by atoms with van der Waals surface area (Å²) < 4.78 is 7.15. The van der Waals surface area contributed by atoms with Gasteiger partial charge in [-0.3, -0.25) is 4.57 Å². The van der Waals surface area contributed by atoms with Crippen LogP contribution >= 0.6 is 11.8 Å². The monoisotopic (exact) mass is 291 g/mol. The summed E-state index contributed by atoms with van der Waals surface area (Å²) in [5.41, 5.74) is 2.13. The van der Waals surface area contributed by atoms with Crippen molar-refractivity contribution in [1.29, 1.82) is 0 Å². The van der Waals surface area contributed by atoms with Gasteiger partial charge in [0, 0.05) is 37.0 Å². The molecule has 0 spiro atoms. The Kier molecular flexibility index (Phi) is 5.49. The van der Waals surface area contributed by atoms with Crippen LogP contribution in [0.3, 0.4) is 0 Å². The number of nitrogens with one attached hydrogen (secondary N) is 1. The summed E-state index contributed by atoms with van der Waals surface area (Å²) in [7, 11) is 1.72. The summed E-state index contributed by atoms with van der Waals surface area (Å²) >= 11 is 1.75. The third-order valence-corrected chi connectivity index (χ3v) is 3.73. The van der Waals surface area contributed by atoms with Crippen molar-refractivity contribution in [3.05, 3.63) is 36.2 Å². The highest BCUT2D eigenvalue weighted by atomic mass is 32.2. The number of hydrogen-bond donors (Lipinski definition) is 1. The van der Waals surface area contributed by atoms with Crippen molar-refractivity contribution in [2.75, 3.05) is 31.8 Å². The normalized spacial score (nSPS) is 10.8. The maximum atomic E-state index is 5.06. The lowest BCUT2D eigenvalue weighted by Gasteiger charge is -2.10. The van der Waals surface area contributed by atoms with Crippen LogP contribution in [0.25, 0.3) is 5.69 Å². The van der Waals surface area contributed by atoms with Crippen molar-refractivity contribution in [3.8, 4) is 5.69 Å². The number of aryl methyl sites for hydroxylation is 1. The Morgan fingerprint density at radius 2 is 2.05 bits per heavy atom. The van der Waals surface area contributed by atoms with Crippen molar-refractivity contribution in [2.24, 2.45) is 0 Å². The van der Waals surface area contributed by atoms with Gasteiger partial charge in [-0.15, -0.1) is 11.8 Å². The zero-order chi connectivity index (χ0) is 14.4. The van der Waals surface area contributed by atoms with E-state index in [1.54, 1.807) is 18.9 Å². The minimum Gasteiger partial charge on any atom is -0.385 e. The van der Waals surface area contributed by atoms with Crippen molar-refractivity contribution < 1.29 is 4.74 Å². The minimum atomic E-state index is 0.759. The van der Waals surface area contributed by atoms with Crippen molar-refractivity contribution in [1.82, 2.24) is 9.55 Å². The van der Waals surface area contributed by atoms with Crippen molar-refractivity contribution in [2.45, 2.75) is 18.2 Å². The van der Waals surface area contributed by atoms with E-state index in [4.69, 9.17) is 4.74 Å². The fourth-order valence-corrected chi connectivity index (χ4v) is 2.39. The number of aromatic nitrogens is 2. The van der Waals surface area contributed by atoms with Crippen LogP contribution in [0.2, 0.25) is 0 Å². The lowest BCUT2D eigenvalue weighted by atomic mass is 10.3. The van der Waals surface area contributed by atoms with Gasteiger partial charge in [0.2, 0.25) is 5.95 Å². The van der Waals surface area contributed by atoms with E-state index in [0.717, 1.165) is 36.9 Å². The first-order valence-corrected chi connectivity index (χ1v) is 7.90.